The average molecular weight is 402 g/mol. The maximum absolute atomic E-state index is 12.0. The Hall–Kier alpha value is -2.90. The van der Waals surface area contributed by atoms with Gasteiger partial charge in [0.05, 0.1) is 6.20 Å². The number of aryl methyl sites for hydroxylation is 1. The van der Waals surface area contributed by atoms with Crippen molar-refractivity contribution in [1.82, 2.24) is 20.3 Å². The smallest absolute Gasteiger partial charge is 0.303 e. The van der Waals surface area contributed by atoms with Crippen molar-refractivity contribution in [1.29, 1.82) is 0 Å². The Balaban J connectivity index is 1.82. The van der Waals surface area contributed by atoms with Gasteiger partial charge in [-0.05, 0) is 49.4 Å². The normalized spacial score (nSPS) is 12.0. The highest BCUT2D eigenvalue weighted by atomic mass is 16.5. The van der Waals surface area contributed by atoms with Gasteiger partial charge in [-0.1, -0.05) is 26.0 Å². The fourth-order valence-electron chi connectivity index (χ4n) is 2.95. The number of carboxylic acid groups (broad SMARTS) is 1. The lowest BCUT2D eigenvalue weighted by Crippen LogP contribution is -2.40. The second kappa shape index (κ2) is 11.2. The first-order valence-corrected chi connectivity index (χ1v) is 10.0. The van der Waals surface area contributed by atoms with Crippen molar-refractivity contribution >= 4 is 11.9 Å². The molecule has 0 aliphatic carbocycles. The third kappa shape index (κ3) is 7.56. The summed E-state index contributed by atoms with van der Waals surface area (Å²) in [5, 5.41) is 19.9. The molecule has 2 rings (SSSR count). The zero-order valence-electron chi connectivity index (χ0n) is 17.3. The molecule has 1 aromatic heterocycles. The first-order valence-electron chi connectivity index (χ1n) is 10.0. The monoisotopic (exact) mass is 402 g/mol. The van der Waals surface area contributed by atoms with E-state index in [1.54, 1.807) is 16.8 Å². The summed E-state index contributed by atoms with van der Waals surface area (Å²) in [4.78, 5) is 22.6. The third-order valence-corrected chi connectivity index (χ3v) is 4.68. The van der Waals surface area contributed by atoms with Crippen LogP contribution in [0.25, 0.3) is 11.3 Å². The summed E-state index contributed by atoms with van der Waals surface area (Å²) in [5.74, 6) is 0.0889. The summed E-state index contributed by atoms with van der Waals surface area (Å²) in [7, 11) is 0. The summed E-state index contributed by atoms with van der Waals surface area (Å²) in [6.07, 6.45) is 4.23. The lowest BCUT2D eigenvalue weighted by atomic mass is 10.0. The SMILES string of the molecule is CCC(NC(=O)COc1ccc(-c2cn(CCCCC(=O)O)nn2)cc1)C(C)C. The van der Waals surface area contributed by atoms with E-state index in [2.05, 4.69) is 36.4 Å². The van der Waals surface area contributed by atoms with E-state index in [1.165, 1.54) is 0 Å². The molecule has 8 nitrogen and oxygen atoms in total. The first-order chi connectivity index (χ1) is 13.9. The Morgan fingerprint density at radius 3 is 2.55 bits per heavy atom. The van der Waals surface area contributed by atoms with Crippen LogP contribution < -0.4 is 10.1 Å². The minimum Gasteiger partial charge on any atom is -0.484 e. The van der Waals surface area contributed by atoms with Gasteiger partial charge in [0.2, 0.25) is 0 Å². The highest BCUT2D eigenvalue weighted by Gasteiger charge is 2.14. The van der Waals surface area contributed by atoms with Crippen molar-refractivity contribution in [3.63, 3.8) is 0 Å². The highest BCUT2D eigenvalue weighted by molar-refractivity contribution is 5.77. The molecule has 0 saturated carbocycles. The average Bonchev–Trinajstić information content (AvgIpc) is 3.16. The molecule has 1 aromatic carbocycles. The van der Waals surface area contributed by atoms with Crippen LogP contribution in [-0.2, 0) is 16.1 Å². The Kier molecular flexibility index (Phi) is 8.64. The number of aliphatic carboxylic acids is 1. The summed E-state index contributed by atoms with van der Waals surface area (Å²) >= 11 is 0. The predicted molar refractivity (Wildman–Crippen MR) is 109 cm³/mol. The van der Waals surface area contributed by atoms with Crippen LogP contribution in [0.4, 0.5) is 0 Å². The molecule has 0 radical (unpaired) electrons. The van der Waals surface area contributed by atoms with Crippen LogP contribution >= 0.6 is 0 Å². The molecule has 2 aromatic rings. The number of benzene rings is 1. The number of nitrogens with zero attached hydrogens (tertiary/aromatic N) is 3. The van der Waals surface area contributed by atoms with Crippen LogP contribution in [0.15, 0.2) is 30.5 Å². The lowest BCUT2D eigenvalue weighted by molar-refractivity contribution is -0.137. The third-order valence-electron chi connectivity index (χ3n) is 4.68. The molecule has 29 heavy (non-hydrogen) atoms. The molecule has 1 amide bonds. The summed E-state index contributed by atoms with van der Waals surface area (Å²) in [6, 6.07) is 7.49. The van der Waals surface area contributed by atoms with Crippen LogP contribution in [0.2, 0.25) is 0 Å². The number of unbranched alkanes of at least 4 members (excludes halogenated alkanes) is 1. The van der Waals surface area contributed by atoms with Gasteiger partial charge in [-0.2, -0.15) is 0 Å². The minimum atomic E-state index is -0.783. The van der Waals surface area contributed by atoms with Gasteiger partial charge >= 0.3 is 5.97 Å². The maximum Gasteiger partial charge on any atom is 0.303 e. The molecule has 2 N–H and O–H groups in total. The molecule has 0 fully saturated rings. The van der Waals surface area contributed by atoms with E-state index >= 15 is 0 Å². The number of hydrogen-bond acceptors (Lipinski definition) is 5. The fraction of sp³-hybridized carbons (Fsp3) is 0.524. The fourth-order valence-corrected chi connectivity index (χ4v) is 2.95. The van der Waals surface area contributed by atoms with E-state index in [9.17, 15) is 9.59 Å². The molecule has 0 bridgehead atoms. The Morgan fingerprint density at radius 2 is 1.93 bits per heavy atom. The Labute approximate surface area is 171 Å². The number of aromatic nitrogens is 3. The molecule has 0 saturated heterocycles. The molecule has 0 spiro atoms. The molecule has 0 aliphatic heterocycles. The molecule has 158 valence electrons. The first kappa shape index (κ1) is 22.4. The zero-order valence-corrected chi connectivity index (χ0v) is 17.3. The quantitative estimate of drug-likeness (QED) is 0.528. The number of hydrogen-bond donors (Lipinski definition) is 2. The van der Waals surface area contributed by atoms with Gasteiger partial charge < -0.3 is 15.2 Å². The van der Waals surface area contributed by atoms with Gasteiger partial charge in [0, 0.05) is 24.6 Å². The van der Waals surface area contributed by atoms with Gasteiger partial charge in [-0.15, -0.1) is 5.10 Å². The van der Waals surface area contributed by atoms with Gasteiger partial charge in [-0.25, -0.2) is 0 Å². The number of amides is 1. The van der Waals surface area contributed by atoms with Crippen molar-refractivity contribution in [2.45, 2.75) is 59.0 Å². The van der Waals surface area contributed by atoms with Crippen molar-refractivity contribution in [3.8, 4) is 17.0 Å². The predicted octanol–water partition coefficient (Wildman–Crippen LogP) is 3.13. The van der Waals surface area contributed by atoms with Crippen molar-refractivity contribution < 1.29 is 19.4 Å². The van der Waals surface area contributed by atoms with Crippen molar-refractivity contribution in [3.05, 3.63) is 30.5 Å². The summed E-state index contributed by atoms with van der Waals surface area (Å²) in [6.45, 7) is 6.83. The van der Waals surface area contributed by atoms with Crippen LogP contribution in [0, 0.1) is 5.92 Å². The molecule has 1 atom stereocenters. The second-order valence-corrected chi connectivity index (χ2v) is 7.36. The van der Waals surface area contributed by atoms with Crippen LogP contribution in [0.1, 0.15) is 46.5 Å². The standard InChI is InChI=1S/C21H30N4O4/c1-4-18(15(2)3)22-20(26)14-29-17-10-8-16(9-11-17)19-13-25(24-23-19)12-6-5-7-21(27)28/h8-11,13,15,18H,4-7,12,14H2,1-3H3,(H,22,26)(H,27,28). The van der Waals surface area contributed by atoms with E-state index in [4.69, 9.17) is 9.84 Å². The van der Waals surface area contributed by atoms with Gasteiger partial charge in [-0.3, -0.25) is 14.3 Å². The second-order valence-electron chi connectivity index (χ2n) is 7.36. The topological polar surface area (TPSA) is 106 Å². The number of carbonyl (C=O) groups excluding carboxylic acids is 1. The minimum absolute atomic E-state index is 0.0188. The van der Waals surface area contributed by atoms with Gasteiger partial charge in [0.15, 0.2) is 6.61 Å². The number of ether oxygens (including phenoxy) is 1. The van der Waals surface area contributed by atoms with Gasteiger partial charge in [0.1, 0.15) is 11.4 Å². The molecule has 0 aliphatic rings. The van der Waals surface area contributed by atoms with E-state index < -0.39 is 5.97 Å². The Morgan fingerprint density at radius 1 is 1.21 bits per heavy atom. The molecule has 8 heteroatoms. The largest absolute Gasteiger partial charge is 0.484 e. The van der Waals surface area contributed by atoms with Crippen LogP contribution in [0.3, 0.4) is 0 Å². The van der Waals surface area contributed by atoms with E-state index in [0.29, 0.717) is 24.6 Å². The summed E-state index contributed by atoms with van der Waals surface area (Å²) in [5.41, 5.74) is 1.62. The zero-order chi connectivity index (χ0) is 21.2. The number of nitrogens with one attached hydrogen (secondary N) is 1. The lowest BCUT2D eigenvalue weighted by Gasteiger charge is -2.20. The molecule has 1 heterocycles. The van der Waals surface area contributed by atoms with E-state index in [0.717, 1.165) is 24.1 Å². The van der Waals surface area contributed by atoms with Crippen LogP contribution in [0.5, 0.6) is 5.75 Å². The van der Waals surface area contributed by atoms with Gasteiger partial charge in [0.25, 0.3) is 5.91 Å². The Bertz CT molecular complexity index is 786. The maximum atomic E-state index is 12.0. The van der Waals surface area contributed by atoms with E-state index in [-0.39, 0.29) is 25.0 Å². The highest BCUT2D eigenvalue weighted by Crippen LogP contribution is 2.20. The summed E-state index contributed by atoms with van der Waals surface area (Å²) < 4.78 is 7.29. The molecular weight excluding hydrogens is 372 g/mol. The number of carboxylic acids is 1. The number of carbonyl (C=O) groups is 2. The molecular formula is C21H30N4O4. The van der Waals surface area contributed by atoms with Crippen LogP contribution in [-0.4, -0.2) is 44.6 Å². The number of rotatable bonds is 12. The molecule has 1 unspecified atom stereocenters. The van der Waals surface area contributed by atoms with E-state index in [1.807, 2.05) is 18.3 Å². The van der Waals surface area contributed by atoms with Crippen molar-refractivity contribution in [2.75, 3.05) is 6.61 Å². The van der Waals surface area contributed by atoms with Crippen molar-refractivity contribution in [2.24, 2.45) is 5.92 Å².